The number of carbonyl (C=O) groups excluding carboxylic acids is 3. The quantitative estimate of drug-likeness (QED) is 0.185. The maximum atomic E-state index is 13.8. The number of alkyl halides is 2. The molecule has 0 bridgehead atoms. The van der Waals surface area contributed by atoms with Crippen LogP contribution in [0.4, 0.5) is 8.78 Å². The van der Waals surface area contributed by atoms with Crippen LogP contribution in [0.5, 0.6) is 5.75 Å². The molecule has 1 aromatic heterocycles. The molecule has 3 amide bonds. The lowest BCUT2D eigenvalue weighted by Crippen LogP contribution is -2.43. The van der Waals surface area contributed by atoms with Crippen molar-refractivity contribution in [3.8, 4) is 22.9 Å². The molecule has 0 unspecified atom stereocenters. The van der Waals surface area contributed by atoms with E-state index >= 15 is 0 Å². The van der Waals surface area contributed by atoms with Crippen LogP contribution < -0.4 is 21.1 Å². The molecule has 1 saturated heterocycles. The zero-order valence-corrected chi connectivity index (χ0v) is 26.9. The Morgan fingerprint density at radius 2 is 1.76 bits per heavy atom. The summed E-state index contributed by atoms with van der Waals surface area (Å²) in [4.78, 5) is 43.1. The zero-order chi connectivity index (χ0) is 35.3. The first-order valence-corrected chi connectivity index (χ1v) is 16.1. The van der Waals surface area contributed by atoms with Crippen molar-refractivity contribution in [1.82, 2.24) is 20.5 Å². The molecule has 12 heteroatoms. The first kappa shape index (κ1) is 34.0. The van der Waals surface area contributed by atoms with Gasteiger partial charge < -0.3 is 26.0 Å². The second-order valence-electron chi connectivity index (χ2n) is 12.2. The summed E-state index contributed by atoms with van der Waals surface area (Å²) in [5, 5.41) is 17.4. The minimum Gasteiger partial charge on any atom is -0.491 e. The smallest absolute Gasteiger partial charge is 0.268 e. The second kappa shape index (κ2) is 14.7. The molecule has 0 saturated carbocycles. The highest BCUT2D eigenvalue weighted by molar-refractivity contribution is 6.07. The first-order chi connectivity index (χ1) is 24.1. The molecule has 2 atom stereocenters. The van der Waals surface area contributed by atoms with Gasteiger partial charge in [-0.1, -0.05) is 60.7 Å². The van der Waals surface area contributed by atoms with E-state index in [-0.39, 0.29) is 30.7 Å². The average Bonchev–Trinajstić information content (AvgIpc) is 3.46. The van der Waals surface area contributed by atoms with Crippen LogP contribution >= 0.6 is 0 Å². The van der Waals surface area contributed by atoms with Gasteiger partial charge in [-0.3, -0.25) is 19.4 Å². The summed E-state index contributed by atoms with van der Waals surface area (Å²) >= 11 is 0. The Hall–Kier alpha value is -5.93. The molecule has 6 rings (SSSR count). The number of pyridine rings is 1. The fourth-order valence-corrected chi connectivity index (χ4v) is 6.10. The van der Waals surface area contributed by atoms with Crippen molar-refractivity contribution in [1.29, 1.82) is 5.26 Å². The molecule has 0 radical (unpaired) electrons. The molecule has 5 aromatic rings. The lowest BCUT2D eigenvalue weighted by Gasteiger charge is -2.20. The summed E-state index contributed by atoms with van der Waals surface area (Å²) in [7, 11) is 0. The van der Waals surface area contributed by atoms with E-state index in [0.29, 0.717) is 23.1 Å². The number of nitrogens with two attached hydrogens (primary N) is 1. The lowest BCUT2D eigenvalue weighted by atomic mass is 10.0. The zero-order valence-electron chi connectivity index (χ0n) is 26.9. The van der Waals surface area contributed by atoms with Crippen molar-refractivity contribution < 1.29 is 27.9 Å². The number of fused-ring (bicyclic) bond motifs is 2. The van der Waals surface area contributed by atoms with Crippen molar-refractivity contribution in [2.24, 2.45) is 5.73 Å². The third-order valence-electron chi connectivity index (χ3n) is 8.61. The maximum absolute atomic E-state index is 13.8. The summed E-state index contributed by atoms with van der Waals surface area (Å²) in [6.45, 7) is -1.30. The Balaban J connectivity index is 1.12. The predicted molar refractivity (Wildman–Crippen MR) is 184 cm³/mol. The minimum absolute atomic E-state index is 0.130. The Kier molecular flexibility index (Phi) is 9.97. The number of nitrogens with zero attached hydrogens (tertiary/aromatic N) is 3. The van der Waals surface area contributed by atoms with Crippen molar-refractivity contribution in [2.75, 3.05) is 26.2 Å². The van der Waals surface area contributed by atoms with Crippen molar-refractivity contribution in [3.05, 3.63) is 108 Å². The summed E-state index contributed by atoms with van der Waals surface area (Å²) in [6, 6.07) is 28.8. The van der Waals surface area contributed by atoms with Crippen LogP contribution in [-0.4, -0.2) is 71.9 Å². The van der Waals surface area contributed by atoms with Crippen molar-refractivity contribution >= 4 is 39.4 Å². The number of nitrogens with one attached hydrogen (secondary N) is 2. The number of benzene rings is 4. The normalized spacial score (nSPS) is 15.7. The number of nitriles is 1. The van der Waals surface area contributed by atoms with Gasteiger partial charge in [-0.05, 0) is 64.2 Å². The van der Waals surface area contributed by atoms with Crippen LogP contribution in [0.1, 0.15) is 22.3 Å². The number of rotatable bonds is 11. The highest BCUT2D eigenvalue weighted by atomic mass is 19.3. The molecule has 4 aromatic carbocycles. The molecule has 1 aliphatic rings. The van der Waals surface area contributed by atoms with Crippen LogP contribution in [0, 0.1) is 11.3 Å². The monoisotopic (exact) mass is 676 g/mol. The molecule has 0 aliphatic carbocycles. The number of halogens is 2. The number of hydrogen-bond donors (Lipinski definition) is 3. The van der Waals surface area contributed by atoms with Gasteiger partial charge in [0.25, 0.3) is 11.8 Å². The predicted octanol–water partition coefficient (Wildman–Crippen LogP) is 4.61. The summed E-state index contributed by atoms with van der Waals surface area (Å²) in [5.41, 5.74) is 9.06. The van der Waals surface area contributed by atoms with Gasteiger partial charge in [0.15, 0.2) is 0 Å². The average molecular weight is 677 g/mol. The largest absolute Gasteiger partial charge is 0.491 e. The fourth-order valence-electron chi connectivity index (χ4n) is 6.10. The summed E-state index contributed by atoms with van der Waals surface area (Å²) < 4.78 is 33.7. The van der Waals surface area contributed by atoms with Crippen LogP contribution in [0.3, 0.4) is 0 Å². The molecule has 10 nitrogen and oxygen atoms in total. The number of carbonyl (C=O) groups is 3. The molecule has 50 heavy (non-hydrogen) atoms. The molecule has 4 N–H and O–H groups in total. The molecular formula is C38H34F2N6O4. The van der Waals surface area contributed by atoms with E-state index in [1.54, 1.807) is 12.1 Å². The number of amides is 3. The van der Waals surface area contributed by atoms with E-state index in [1.807, 2.05) is 66.7 Å². The van der Waals surface area contributed by atoms with Gasteiger partial charge in [0, 0.05) is 18.0 Å². The van der Waals surface area contributed by atoms with E-state index in [4.69, 9.17) is 10.5 Å². The van der Waals surface area contributed by atoms with Gasteiger partial charge in [-0.2, -0.15) is 5.26 Å². The third kappa shape index (κ3) is 7.85. The summed E-state index contributed by atoms with van der Waals surface area (Å²) in [6.07, 6.45) is 1.30. The standard InChI is InChI=1S/C38H34F2N6O4/c39-38(40)18-30(19-41)46(23-38)36(48)21-44-37(49)32-13-14-43-34-12-9-28(17-33(32)34)26-7-10-31(11-8-26)50-22-29(45-35(47)20-42)16-24-5-6-25-3-1-2-4-27(25)15-24/h1-15,17,29-30H,16,18,20-23,42H2,(H,44,49)(H,45,47)/t29-,30-/m0/s1. The molecule has 1 fully saturated rings. The minimum atomic E-state index is -3.15. The van der Waals surface area contributed by atoms with Gasteiger partial charge in [0.05, 0.1) is 42.8 Å². The summed E-state index contributed by atoms with van der Waals surface area (Å²) in [5.74, 6) is -4.16. The van der Waals surface area contributed by atoms with Gasteiger partial charge >= 0.3 is 0 Å². The SMILES string of the molecule is N#C[C@@H]1CC(F)(F)CN1C(=O)CNC(=O)c1ccnc2ccc(-c3ccc(OC[C@H](Cc4ccc5ccccc5c4)NC(=O)CN)cc3)cc12. The second-order valence-corrected chi connectivity index (χ2v) is 12.2. The van der Waals surface area contributed by atoms with Gasteiger partial charge in [0.2, 0.25) is 11.8 Å². The first-order valence-electron chi connectivity index (χ1n) is 16.1. The van der Waals surface area contributed by atoms with E-state index in [1.165, 1.54) is 12.3 Å². The fraction of sp³-hybridized carbons (Fsp3) is 0.237. The molecule has 1 aliphatic heterocycles. The maximum Gasteiger partial charge on any atom is 0.268 e. The molecule has 254 valence electrons. The topological polar surface area (TPSA) is 150 Å². The van der Waals surface area contributed by atoms with Crippen LogP contribution in [-0.2, 0) is 16.0 Å². The van der Waals surface area contributed by atoms with E-state index in [0.717, 1.165) is 32.4 Å². The molecule has 0 spiro atoms. The van der Waals surface area contributed by atoms with Gasteiger partial charge in [-0.25, -0.2) is 8.78 Å². The Bertz CT molecular complexity index is 2100. The number of ether oxygens (including phenoxy) is 1. The highest BCUT2D eigenvalue weighted by Gasteiger charge is 2.47. The van der Waals surface area contributed by atoms with E-state index < -0.39 is 43.3 Å². The Morgan fingerprint density at radius 3 is 2.52 bits per heavy atom. The van der Waals surface area contributed by atoms with Crippen molar-refractivity contribution in [2.45, 2.75) is 30.8 Å². The molecule has 2 heterocycles. The molecular weight excluding hydrogens is 642 g/mol. The van der Waals surface area contributed by atoms with E-state index in [9.17, 15) is 28.4 Å². The van der Waals surface area contributed by atoms with Crippen LogP contribution in [0.15, 0.2) is 97.2 Å². The lowest BCUT2D eigenvalue weighted by molar-refractivity contribution is -0.131. The highest BCUT2D eigenvalue weighted by Crippen LogP contribution is 2.32. The third-order valence-corrected chi connectivity index (χ3v) is 8.61. The Labute approximate surface area is 286 Å². The Morgan fingerprint density at radius 1 is 1.00 bits per heavy atom. The van der Waals surface area contributed by atoms with Crippen molar-refractivity contribution in [3.63, 3.8) is 0 Å². The van der Waals surface area contributed by atoms with Gasteiger partial charge in [0.1, 0.15) is 18.4 Å². The van der Waals surface area contributed by atoms with Crippen LogP contribution in [0.25, 0.3) is 32.8 Å². The number of hydrogen-bond acceptors (Lipinski definition) is 7. The number of likely N-dealkylation sites (tertiary alicyclic amines) is 1. The number of aromatic nitrogens is 1. The van der Waals surface area contributed by atoms with Crippen LogP contribution in [0.2, 0.25) is 0 Å². The van der Waals surface area contributed by atoms with E-state index in [2.05, 4.69) is 27.8 Å². The van der Waals surface area contributed by atoms with Gasteiger partial charge in [-0.15, -0.1) is 0 Å².